The van der Waals surface area contributed by atoms with Crippen molar-refractivity contribution >= 4 is 39.9 Å². The van der Waals surface area contributed by atoms with E-state index in [1.807, 2.05) is 43.1 Å². The molecule has 0 spiro atoms. The van der Waals surface area contributed by atoms with Crippen molar-refractivity contribution in [1.82, 2.24) is 29.9 Å². The third-order valence-corrected chi connectivity index (χ3v) is 7.77. The fraction of sp³-hybridized carbons (Fsp3) is 0.259. The minimum Gasteiger partial charge on any atom is -0.486 e. The Hall–Kier alpha value is -3.73. The third-order valence-electron chi connectivity index (χ3n) is 7.17. The van der Waals surface area contributed by atoms with E-state index in [2.05, 4.69) is 25.3 Å². The molecule has 0 radical (unpaired) electrons. The standard InChI is InChI=1S/C27H25Cl2FN8O/c1-15(24-19(28)12-32-13-20(24)29)39-17-3-4-22-18(10-17)25(36-35-22)16-9-21(30)26(33-11-16)38-8-6-27(31,14-38)23-5-7-34-37(23)2/h3-5,7,9-13,15H,6,8,14,31H2,1-2H3,(H,35,36)/t15-,27+/m1/s1. The molecular formula is C27H25Cl2FN8O. The Bertz CT molecular complexity index is 1670. The van der Waals surface area contributed by atoms with Crippen LogP contribution in [0.3, 0.4) is 0 Å². The summed E-state index contributed by atoms with van der Waals surface area (Å²) in [6.07, 6.45) is 6.63. The first-order valence-corrected chi connectivity index (χ1v) is 13.1. The lowest BCUT2D eigenvalue weighted by Gasteiger charge is -2.25. The van der Waals surface area contributed by atoms with Gasteiger partial charge in [-0.3, -0.25) is 14.8 Å². The van der Waals surface area contributed by atoms with E-state index in [1.54, 1.807) is 17.1 Å². The van der Waals surface area contributed by atoms with Crippen molar-refractivity contribution in [2.75, 3.05) is 18.0 Å². The van der Waals surface area contributed by atoms with Gasteiger partial charge in [-0.15, -0.1) is 0 Å². The zero-order valence-corrected chi connectivity index (χ0v) is 22.7. The molecule has 2 atom stereocenters. The van der Waals surface area contributed by atoms with E-state index in [-0.39, 0.29) is 5.82 Å². The van der Waals surface area contributed by atoms with Crippen LogP contribution in [0, 0.1) is 5.82 Å². The largest absolute Gasteiger partial charge is 0.486 e. The summed E-state index contributed by atoms with van der Waals surface area (Å²) in [7, 11) is 1.86. The van der Waals surface area contributed by atoms with Crippen molar-refractivity contribution in [3.05, 3.63) is 82.2 Å². The third kappa shape index (κ3) is 4.58. The maximum Gasteiger partial charge on any atom is 0.166 e. The maximum atomic E-state index is 15.4. The quantitative estimate of drug-likeness (QED) is 0.283. The number of ether oxygens (including phenoxy) is 1. The number of aromatic amines is 1. The lowest BCUT2D eigenvalue weighted by molar-refractivity contribution is 0.227. The highest BCUT2D eigenvalue weighted by molar-refractivity contribution is 6.35. The normalized spacial score (nSPS) is 18.2. The Morgan fingerprint density at radius 1 is 1.15 bits per heavy atom. The number of H-pyrrole nitrogens is 1. The van der Waals surface area contributed by atoms with Crippen LogP contribution in [-0.4, -0.2) is 43.0 Å². The van der Waals surface area contributed by atoms with Gasteiger partial charge in [-0.1, -0.05) is 23.2 Å². The van der Waals surface area contributed by atoms with Crippen LogP contribution in [-0.2, 0) is 12.6 Å². The molecule has 5 heterocycles. The number of nitrogens with one attached hydrogen (secondary N) is 1. The monoisotopic (exact) mass is 566 g/mol. The minimum absolute atomic E-state index is 0.261. The van der Waals surface area contributed by atoms with Crippen molar-refractivity contribution in [2.24, 2.45) is 12.8 Å². The van der Waals surface area contributed by atoms with Crippen molar-refractivity contribution in [3.8, 4) is 17.0 Å². The molecular weight excluding hydrogens is 542 g/mol. The second-order valence-electron chi connectivity index (χ2n) is 9.75. The molecule has 12 heteroatoms. The van der Waals surface area contributed by atoms with Crippen molar-refractivity contribution in [2.45, 2.75) is 25.0 Å². The molecule has 1 aromatic carbocycles. The molecule has 0 unspecified atom stereocenters. The van der Waals surface area contributed by atoms with Gasteiger partial charge in [0.2, 0.25) is 0 Å². The SMILES string of the molecule is C[C@@H](Oc1ccc2[nH]nc(-c3cnc(N4CC[C@@](N)(c5ccnn5C)C4)c(F)c3)c2c1)c1c(Cl)cncc1Cl. The highest BCUT2D eigenvalue weighted by Gasteiger charge is 2.39. The van der Waals surface area contributed by atoms with E-state index in [1.165, 1.54) is 18.5 Å². The van der Waals surface area contributed by atoms with E-state index in [0.717, 1.165) is 16.6 Å². The van der Waals surface area contributed by atoms with Gasteiger partial charge in [-0.25, -0.2) is 9.37 Å². The lowest BCUT2D eigenvalue weighted by Crippen LogP contribution is -2.41. The second-order valence-corrected chi connectivity index (χ2v) is 10.6. The van der Waals surface area contributed by atoms with Crippen LogP contribution >= 0.6 is 23.2 Å². The van der Waals surface area contributed by atoms with Crippen LogP contribution in [0.4, 0.5) is 10.2 Å². The molecule has 1 fully saturated rings. The second kappa shape index (κ2) is 9.78. The van der Waals surface area contributed by atoms with Crippen LogP contribution < -0.4 is 15.4 Å². The van der Waals surface area contributed by atoms with Gasteiger partial charge >= 0.3 is 0 Å². The number of fused-ring (bicyclic) bond motifs is 1. The van der Waals surface area contributed by atoms with Crippen molar-refractivity contribution < 1.29 is 9.13 Å². The van der Waals surface area contributed by atoms with Gasteiger partial charge in [0.05, 0.1) is 26.8 Å². The van der Waals surface area contributed by atoms with E-state index in [9.17, 15) is 0 Å². The molecule has 0 aliphatic carbocycles. The Balaban J connectivity index is 1.26. The molecule has 0 saturated carbocycles. The first-order chi connectivity index (χ1) is 18.7. The molecule has 0 bridgehead atoms. The summed E-state index contributed by atoms with van der Waals surface area (Å²) < 4.78 is 23.3. The van der Waals surface area contributed by atoms with Gasteiger partial charge in [-0.05, 0) is 43.7 Å². The van der Waals surface area contributed by atoms with E-state index in [4.69, 9.17) is 33.7 Å². The summed E-state index contributed by atoms with van der Waals surface area (Å²) in [5, 5.41) is 13.3. The first-order valence-electron chi connectivity index (χ1n) is 12.4. The Kier molecular flexibility index (Phi) is 6.41. The molecule has 6 rings (SSSR count). The number of hydrogen-bond acceptors (Lipinski definition) is 7. The number of benzene rings is 1. The van der Waals surface area contributed by atoms with Gasteiger partial charge in [0.1, 0.15) is 17.5 Å². The van der Waals surface area contributed by atoms with Crippen LogP contribution in [0.1, 0.15) is 30.7 Å². The number of pyridine rings is 2. The first kappa shape index (κ1) is 25.5. The summed E-state index contributed by atoms with van der Waals surface area (Å²) in [6.45, 7) is 2.88. The van der Waals surface area contributed by atoms with Gasteiger partial charge < -0.3 is 15.4 Å². The van der Waals surface area contributed by atoms with E-state index in [0.29, 0.717) is 52.1 Å². The van der Waals surface area contributed by atoms with Gasteiger partial charge in [0.25, 0.3) is 0 Å². The smallest absolute Gasteiger partial charge is 0.166 e. The summed E-state index contributed by atoms with van der Waals surface area (Å²) >= 11 is 12.6. The molecule has 1 aliphatic heterocycles. The fourth-order valence-electron chi connectivity index (χ4n) is 5.24. The number of rotatable bonds is 6. The molecule has 3 N–H and O–H groups in total. The van der Waals surface area contributed by atoms with Crippen LogP contribution in [0.5, 0.6) is 5.75 Å². The summed E-state index contributed by atoms with van der Waals surface area (Å²) in [5.74, 6) is 0.399. The molecule has 1 saturated heterocycles. The molecule has 39 heavy (non-hydrogen) atoms. The average molecular weight is 567 g/mol. The average Bonchev–Trinajstić information content (AvgIpc) is 3.62. The predicted octanol–water partition coefficient (Wildman–Crippen LogP) is 5.40. The van der Waals surface area contributed by atoms with Crippen LogP contribution in [0.15, 0.2) is 55.1 Å². The molecule has 200 valence electrons. The lowest BCUT2D eigenvalue weighted by atomic mass is 9.96. The number of aromatic nitrogens is 6. The number of anilines is 1. The van der Waals surface area contributed by atoms with Gasteiger partial charge in [-0.2, -0.15) is 10.2 Å². The Labute approximate surface area is 233 Å². The number of nitrogens with zero attached hydrogens (tertiary/aromatic N) is 6. The van der Waals surface area contributed by atoms with Crippen LogP contribution in [0.2, 0.25) is 10.0 Å². The Morgan fingerprint density at radius 2 is 1.95 bits per heavy atom. The van der Waals surface area contributed by atoms with E-state index >= 15 is 4.39 Å². The van der Waals surface area contributed by atoms with Crippen molar-refractivity contribution in [1.29, 1.82) is 0 Å². The molecule has 0 amide bonds. The van der Waals surface area contributed by atoms with Crippen LogP contribution in [0.25, 0.3) is 22.2 Å². The van der Waals surface area contributed by atoms with Crippen molar-refractivity contribution in [3.63, 3.8) is 0 Å². The molecule has 1 aliphatic rings. The number of hydrogen-bond donors (Lipinski definition) is 2. The van der Waals surface area contributed by atoms with E-state index < -0.39 is 17.5 Å². The molecule has 4 aromatic heterocycles. The van der Waals surface area contributed by atoms with Gasteiger partial charge in [0.15, 0.2) is 11.6 Å². The number of aryl methyl sites for hydroxylation is 1. The van der Waals surface area contributed by atoms with Gasteiger partial charge in [0, 0.05) is 61.4 Å². The molecule has 5 aromatic rings. The summed E-state index contributed by atoms with van der Waals surface area (Å²) in [5.41, 5.74) is 9.48. The fourth-order valence-corrected chi connectivity index (χ4v) is 5.91. The maximum absolute atomic E-state index is 15.4. The zero-order chi connectivity index (χ0) is 27.3. The zero-order valence-electron chi connectivity index (χ0n) is 21.2. The summed E-state index contributed by atoms with van der Waals surface area (Å²) in [4.78, 5) is 10.3. The Morgan fingerprint density at radius 3 is 2.67 bits per heavy atom. The number of halogens is 3. The summed E-state index contributed by atoms with van der Waals surface area (Å²) in [6, 6.07) is 8.87. The number of nitrogens with two attached hydrogens (primary N) is 1. The highest BCUT2D eigenvalue weighted by Crippen LogP contribution is 2.36. The highest BCUT2D eigenvalue weighted by atomic mass is 35.5. The topological polar surface area (TPSA) is 111 Å². The molecule has 9 nitrogen and oxygen atoms in total. The predicted molar refractivity (Wildman–Crippen MR) is 148 cm³/mol. The minimum atomic E-state index is -0.630.